The monoisotopic (exact) mass is 466 g/mol. The Labute approximate surface area is 205 Å². The fourth-order valence-electron chi connectivity index (χ4n) is 5.11. The van der Waals surface area contributed by atoms with Crippen molar-refractivity contribution in [3.8, 4) is 56.0 Å². The molecule has 0 aliphatic rings. The molecule has 170 valence electrons. The molecule has 2 N–H and O–H groups in total. The van der Waals surface area contributed by atoms with Crippen molar-refractivity contribution in [2.24, 2.45) is 0 Å². The molecule has 4 heteroatoms. The minimum absolute atomic E-state index is 0.0284. The molecule has 0 aromatic heterocycles. The summed E-state index contributed by atoms with van der Waals surface area (Å²) in [5.74, 6) is 0.0568. The summed E-state index contributed by atoms with van der Waals surface area (Å²) in [4.78, 5) is 25.0. The first-order valence-corrected chi connectivity index (χ1v) is 11.7. The molecule has 0 saturated carbocycles. The molecule has 0 aliphatic heterocycles. The quantitative estimate of drug-likeness (QED) is 0.309. The van der Waals surface area contributed by atoms with Crippen LogP contribution < -0.4 is 10.9 Å². The van der Waals surface area contributed by atoms with Crippen LogP contribution in [0.15, 0.2) is 107 Å². The van der Waals surface area contributed by atoms with Gasteiger partial charge in [-0.3, -0.25) is 9.59 Å². The lowest BCUT2D eigenvalue weighted by Crippen LogP contribution is -1.84. The number of fused-ring (bicyclic) bond motifs is 2. The van der Waals surface area contributed by atoms with Crippen molar-refractivity contribution >= 4 is 21.5 Å². The van der Waals surface area contributed by atoms with E-state index in [-0.39, 0.29) is 22.4 Å². The van der Waals surface area contributed by atoms with Gasteiger partial charge >= 0.3 is 0 Å². The van der Waals surface area contributed by atoms with E-state index in [0.29, 0.717) is 32.7 Å². The largest absolute Gasteiger partial charge is 0.507 e. The summed E-state index contributed by atoms with van der Waals surface area (Å²) in [6.45, 7) is 0. The minimum atomic E-state index is -0.129. The van der Waals surface area contributed by atoms with Crippen LogP contribution in [0.2, 0.25) is 0 Å². The summed E-state index contributed by atoms with van der Waals surface area (Å²) in [6.07, 6.45) is 0. The molecule has 36 heavy (non-hydrogen) atoms. The van der Waals surface area contributed by atoms with Crippen LogP contribution in [0.5, 0.6) is 11.5 Å². The Kier molecular flexibility index (Phi) is 4.12. The lowest BCUT2D eigenvalue weighted by Gasteiger charge is -2.10. The third-order valence-electron chi connectivity index (χ3n) is 7.06. The first-order valence-electron chi connectivity index (χ1n) is 11.7. The highest BCUT2D eigenvalue weighted by Crippen LogP contribution is 2.45. The van der Waals surface area contributed by atoms with E-state index in [4.69, 9.17) is 0 Å². The van der Waals surface area contributed by atoms with Gasteiger partial charge in [0.05, 0.1) is 10.8 Å². The highest BCUT2D eigenvalue weighted by Gasteiger charge is 2.27. The predicted molar refractivity (Wildman–Crippen MR) is 144 cm³/mol. The Morgan fingerprint density at radius 3 is 1.08 bits per heavy atom. The van der Waals surface area contributed by atoms with Gasteiger partial charge in [-0.2, -0.15) is 0 Å². The van der Waals surface area contributed by atoms with Crippen LogP contribution in [0.1, 0.15) is 0 Å². The van der Waals surface area contributed by atoms with E-state index >= 15 is 0 Å². The van der Waals surface area contributed by atoms with E-state index in [9.17, 15) is 19.8 Å². The van der Waals surface area contributed by atoms with Crippen LogP contribution in [-0.4, -0.2) is 10.2 Å². The van der Waals surface area contributed by atoms with Crippen LogP contribution >= 0.6 is 0 Å². The van der Waals surface area contributed by atoms with Gasteiger partial charge in [-0.25, -0.2) is 0 Å². The van der Waals surface area contributed by atoms with Crippen LogP contribution in [0.25, 0.3) is 66.1 Å². The van der Waals surface area contributed by atoms with Crippen molar-refractivity contribution in [1.82, 2.24) is 0 Å². The Morgan fingerprint density at radius 1 is 0.389 bits per heavy atom. The predicted octanol–water partition coefficient (Wildman–Crippen LogP) is 6.54. The van der Waals surface area contributed by atoms with Gasteiger partial charge < -0.3 is 10.2 Å². The maximum atomic E-state index is 12.5. The highest BCUT2D eigenvalue weighted by atomic mass is 16.3. The molecule has 0 fully saturated rings. The first kappa shape index (κ1) is 20.4. The van der Waals surface area contributed by atoms with Gasteiger partial charge in [-0.1, -0.05) is 84.9 Å². The molecular formula is C32H18O4. The second kappa shape index (κ2) is 7.27. The van der Waals surface area contributed by atoms with Gasteiger partial charge in [0.15, 0.2) is 10.9 Å². The van der Waals surface area contributed by atoms with Gasteiger partial charge in [0, 0.05) is 21.9 Å². The van der Waals surface area contributed by atoms with Crippen LogP contribution in [-0.2, 0) is 0 Å². The molecule has 7 aromatic rings. The lowest BCUT2D eigenvalue weighted by molar-refractivity contribution is 0.484. The van der Waals surface area contributed by atoms with Crippen molar-refractivity contribution in [3.63, 3.8) is 0 Å². The molecule has 4 nitrogen and oxygen atoms in total. The van der Waals surface area contributed by atoms with Gasteiger partial charge in [0.2, 0.25) is 0 Å². The molecule has 0 heterocycles. The van der Waals surface area contributed by atoms with Gasteiger partial charge in [-0.15, -0.1) is 0 Å². The number of hydrogen-bond acceptors (Lipinski definition) is 4. The summed E-state index contributed by atoms with van der Waals surface area (Å²) in [5, 5.41) is 23.2. The van der Waals surface area contributed by atoms with Gasteiger partial charge in [0.1, 0.15) is 11.5 Å². The van der Waals surface area contributed by atoms with E-state index in [1.807, 2.05) is 97.1 Å². The molecule has 0 aliphatic carbocycles. The molecule has 0 amide bonds. The average molecular weight is 466 g/mol. The number of benzene rings is 5. The maximum absolute atomic E-state index is 12.5. The van der Waals surface area contributed by atoms with Crippen molar-refractivity contribution < 1.29 is 10.2 Å². The average Bonchev–Trinajstić information content (AvgIpc) is 3.81. The van der Waals surface area contributed by atoms with Gasteiger partial charge in [-0.05, 0) is 45.5 Å². The van der Waals surface area contributed by atoms with Crippen LogP contribution in [0.3, 0.4) is 0 Å². The molecule has 7 rings (SSSR count). The molecule has 0 unspecified atom stereocenters. The SMILES string of the molecule is O=c1c2c(-c3ccc(-c4cc(-c5ccccc5)c(O)c5c(=O)c45)cc3)cc(-c3ccccc3)c(O)c12. The number of hydrogen-bond donors (Lipinski definition) is 2. The molecule has 0 radical (unpaired) electrons. The third-order valence-corrected chi connectivity index (χ3v) is 7.06. The van der Waals surface area contributed by atoms with Crippen LogP contribution in [0.4, 0.5) is 0 Å². The number of aromatic hydroxyl groups is 2. The van der Waals surface area contributed by atoms with E-state index in [1.165, 1.54) is 0 Å². The normalized spacial score (nSPS) is 11.8. The molecule has 0 atom stereocenters. The van der Waals surface area contributed by atoms with E-state index in [1.54, 1.807) is 0 Å². The summed E-state index contributed by atoms with van der Waals surface area (Å²) in [7, 11) is 0. The number of phenols is 2. The molecule has 0 spiro atoms. The van der Waals surface area contributed by atoms with Gasteiger partial charge in [0.25, 0.3) is 0 Å². The smallest absolute Gasteiger partial charge is 0.199 e. The number of rotatable bonds is 4. The highest BCUT2D eigenvalue weighted by molar-refractivity contribution is 6.16. The summed E-state index contributed by atoms with van der Waals surface area (Å²) in [5.41, 5.74) is 5.94. The fourth-order valence-corrected chi connectivity index (χ4v) is 5.11. The molecule has 7 aromatic carbocycles. The second-order valence-electron chi connectivity index (χ2n) is 9.11. The zero-order chi connectivity index (χ0) is 24.6. The maximum Gasteiger partial charge on any atom is 0.199 e. The Bertz CT molecular complexity index is 1810. The Hall–Kier alpha value is -4.96. The zero-order valence-corrected chi connectivity index (χ0v) is 18.9. The third kappa shape index (κ3) is 2.88. The Morgan fingerprint density at radius 2 is 0.722 bits per heavy atom. The second-order valence-corrected chi connectivity index (χ2v) is 9.11. The topological polar surface area (TPSA) is 74.6 Å². The number of phenolic OH excluding ortho intramolecular Hbond substituents is 2. The van der Waals surface area contributed by atoms with Crippen molar-refractivity contribution in [1.29, 1.82) is 0 Å². The van der Waals surface area contributed by atoms with Crippen molar-refractivity contribution in [3.05, 3.63) is 118 Å². The van der Waals surface area contributed by atoms with Crippen molar-refractivity contribution in [2.45, 2.75) is 0 Å². The molecule has 0 saturated heterocycles. The summed E-state index contributed by atoms with van der Waals surface area (Å²) < 4.78 is 0. The van der Waals surface area contributed by atoms with Crippen LogP contribution in [0, 0.1) is 0 Å². The molecular weight excluding hydrogens is 448 g/mol. The van der Waals surface area contributed by atoms with E-state index < -0.39 is 0 Å². The summed E-state index contributed by atoms with van der Waals surface area (Å²) >= 11 is 0. The van der Waals surface area contributed by atoms with E-state index in [2.05, 4.69) is 0 Å². The first-order chi connectivity index (χ1) is 17.5. The molecule has 0 bridgehead atoms. The lowest BCUT2D eigenvalue weighted by atomic mass is 9.95. The Balaban J connectivity index is 1.34. The standard InChI is InChI=1S/C32H18O4/c33-29-23(17-7-3-1-4-8-17)15-21(25-27(29)31(25)35)19-11-13-20(14-12-19)22-16-24(18-9-5-2-6-10-18)30(34)28-26(22)32(28)36/h1-16,33-34H. The summed E-state index contributed by atoms with van der Waals surface area (Å²) in [6, 6.07) is 30.4. The fraction of sp³-hybridized carbons (Fsp3) is 0. The zero-order valence-electron chi connectivity index (χ0n) is 18.9. The van der Waals surface area contributed by atoms with Crippen molar-refractivity contribution in [2.75, 3.05) is 0 Å². The van der Waals surface area contributed by atoms with E-state index in [0.717, 1.165) is 33.4 Å². The minimum Gasteiger partial charge on any atom is -0.507 e.